The lowest BCUT2D eigenvalue weighted by Crippen LogP contribution is -2.38. The van der Waals surface area contributed by atoms with E-state index in [1.54, 1.807) is 30.2 Å². The van der Waals surface area contributed by atoms with E-state index in [1.165, 1.54) is 29.0 Å². The van der Waals surface area contributed by atoms with E-state index in [9.17, 15) is 19.2 Å². The van der Waals surface area contributed by atoms with Gasteiger partial charge in [-0.3, -0.25) is 19.0 Å². The van der Waals surface area contributed by atoms with Crippen LogP contribution in [-0.2, 0) is 13.6 Å². The number of hydrogen-bond donors (Lipinski definition) is 0. The van der Waals surface area contributed by atoms with E-state index >= 15 is 0 Å². The minimum atomic E-state index is -0.686. The zero-order valence-electron chi connectivity index (χ0n) is 16.4. The number of hydrogen-bond acceptors (Lipinski definition) is 6. The van der Waals surface area contributed by atoms with Crippen LogP contribution >= 0.6 is 22.9 Å². The summed E-state index contributed by atoms with van der Waals surface area (Å²) in [5, 5.41) is 14.5. The third-order valence-corrected chi connectivity index (χ3v) is 6.58. The largest absolute Gasteiger partial charge is 0.337 e. The van der Waals surface area contributed by atoms with Gasteiger partial charge in [-0.1, -0.05) is 11.6 Å². The van der Waals surface area contributed by atoms with E-state index < -0.39 is 17.1 Å². The summed E-state index contributed by atoms with van der Waals surface area (Å²) >= 11 is 7.32. The summed E-state index contributed by atoms with van der Waals surface area (Å²) in [7, 11) is 1.69. The van der Waals surface area contributed by atoms with Crippen molar-refractivity contribution in [3.05, 3.63) is 74.5 Å². The van der Waals surface area contributed by atoms with Crippen LogP contribution in [0.2, 0.25) is 5.02 Å². The molecule has 0 aliphatic heterocycles. The minimum Gasteiger partial charge on any atom is -0.278 e. The minimum absolute atomic E-state index is 0.231. The number of rotatable bonds is 3. The number of benzene rings is 1. The van der Waals surface area contributed by atoms with Crippen molar-refractivity contribution in [1.29, 1.82) is 5.26 Å². The standard InChI is InChI=1S/C21H12ClFN6O2S/c1-27-18-11(9-26-27)8-25-10-16(18)29-20(30)19-15(28(5-4-24)21(29)31)7-17(32-19)13-6-12(23)2-3-14(13)22/h2-3,6-10H,5H2,1H3. The smallest absolute Gasteiger partial charge is 0.278 e. The fourth-order valence-corrected chi connectivity index (χ4v) is 5.07. The second-order valence-corrected chi connectivity index (χ2v) is 8.44. The molecule has 32 heavy (non-hydrogen) atoms. The van der Waals surface area contributed by atoms with Crippen LogP contribution in [0, 0.1) is 17.1 Å². The number of aromatic nitrogens is 5. The van der Waals surface area contributed by atoms with Crippen molar-refractivity contribution in [3.8, 4) is 22.2 Å². The maximum Gasteiger partial charge on any atom is 0.337 e. The Morgan fingerprint density at radius 3 is 2.81 bits per heavy atom. The Bertz CT molecular complexity index is 1710. The Kier molecular flexibility index (Phi) is 4.65. The molecule has 0 saturated carbocycles. The van der Waals surface area contributed by atoms with Gasteiger partial charge in [0.1, 0.15) is 17.1 Å². The number of halogens is 2. The predicted molar refractivity (Wildman–Crippen MR) is 120 cm³/mol. The van der Waals surface area contributed by atoms with Crippen LogP contribution < -0.4 is 11.2 Å². The van der Waals surface area contributed by atoms with Crippen LogP contribution in [0.15, 0.2) is 52.4 Å². The molecule has 158 valence electrons. The molecule has 0 fully saturated rings. The van der Waals surface area contributed by atoms with Gasteiger partial charge in [-0.2, -0.15) is 10.4 Å². The Hall–Kier alpha value is -3.81. The molecule has 0 bridgehead atoms. The Morgan fingerprint density at radius 2 is 2.03 bits per heavy atom. The van der Waals surface area contributed by atoms with Crippen molar-refractivity contribution in [2.75, 3.05) is 0 Å². The molecule has 0 saturated heterocycles. The van der Waals surface area contributed by atoms with Gasteiger partial charge < -0.3 is 0 Å². The molecule has 4 heterocycles. The van der Waals surface area contributed by atoms with Crippen molar-refractivity contribution in [2.24, 2.45) is 7.05 Å². The zero-order chi connectivity index (χ0) is 22.6. The molecule has 5 aromatic rings. The molecular weight excluding hydrogens is 455 g/mol. The summed E-state index contributed by atoms with van der Waals surface area (Å²) < 4.78 is 17.8. The van der Waals surface area contributed by atoms with E-state index in [0.717, 1.165) is 15.9 Å². The summed E-state index contributed by atoms with van der Waals surface area (Å²) in [6.45, 7) is -0.280. The van der Waals surface area contributed by atoms with E-state index in [0.29, 0.717) is 26.4 Å². The highest BCUT2D eigenvalue weighted by Gasteiger charge is 2.21. The first kappa shape index (κ1) is 20.1. The van der Waals surface area contributed by atoms with E-state index in [-0.39, 0.29) is 22.4 Å². The van der Waals surface area contributed by atoms with E-state index in [2.05, 4.69) is 10.1 Å². The molecule has 0 N–H and O–H groups in total. The predicted octanol–water partition coefficient (Wildman–Crippen LogP) is 3.48. The lowest BCUT2D eigenvalue weighted by molar-refractivity contribution is 0.628. The topological polar surface area (TPSA) is 98.5 Å². The van der Waals surface area contributed by atoms with Gasteiger partial charge in [-0.15, -0.1) is 11.3 Å². The van der Waals surface area contributed by atoms with Crippen molar-refractivity contribution < 1.29 is 4.39 Å². The van der Waals surface area contributed by atoms with Gasteiger partial charge in [0.2, 0.25) is 0 Å². The summed E-state index contributed by atoms with van der Waals surface area (Å²) in [6.07, 6.45) is 4.57. The number of fused-ring (bicyclic) bond motifs is 2. The van der Waals surface area contributed by atoms with Crippen molar-refractivity contribution in [2.45, 2.75) is 6.54 Å². The first-order chi connectivity index (χ1) is 15.4. The van der Waals surface area contributed by atoms with Gasteiger partial charge in [0, 0.05) is 34.1 Å². The highest BCUT2D eigenvalue weighted by Crippen LogP contribution is 2.36. The Labute approximate surface area is 188 Å². The van der Waals surface area contributed by atoms with Crippen molar-refractivity contribution >= 4 is 44.1 Å². The van der Waals surface area contributed by atoms with Gasteiger partial charge in [0.15, 0.2) is 0 Å². The van der Waals surface area contributed by atoms with Crippen LogP contribution in [0.25, 0.3) is 37.2 Å². The Balaban J connectivity index is 1.90. The number of thiophene rings is 1. The highest BCUT2D eigenvalue weighted by molar-refractivity contribution is 7.22. The number of nitrogens with zero attached hydrogens (tertiary/aromatic N) is 6. The van der Waals surface area contributed by atoms with E-state index in [4.69, 9.17) is 11.6 Å². The van der Waals surface area contributed by atoms with Crippen LogP contribution in [0.4, 0.5) is 4.39 Å². The highest BCUT2D eigenvalue weighted by atomic mass is 35.5. The summed E-state index contributed by atoms with van der Waals surface area (Å²) in [5.74, 6) is -0.484. The van der Waals surface area contributed by atoms with Gasteiger partial charge in [-0.05, 0) is 24.3 Å². The molecule has 0 atom stereocenters. The third kappa shape index (κ3) is 2.94. The van der Waals surface area contributed by atoms with Crippen molar-refractivity contribution in [3.63, 3.8) is 0 Å². The fourth-order valence-electron chi connectivity index (χ4n) is 3.68. The normalized spacial score (nSPS) is 11.3. The quantitative estimate of drug-likeness (QED) is 0.405. The SMILES string of the molecule is Cn1ncc2cncc(-n3c(=O)c4sc(-c5cc(F)ccc5Cl)cc4n(CC#N)c3=O)c21. The maximum atomic E-state index is 13.8. The number of aryl methyl sites for hydroxylation is 1. The molecule has 0 radical (unpaired) electrons. The molecule has 0 amide bonds. The lowest BCUT2D eigenvalue weighted by atomic mass is 10.2. The average molecular weight is 467 g/mol. The van der Waals surface area contributed by atoms with Crippen LogP contribution in [0.5, 0.6) is 0 Å². The van der Waals surface area contributed by atoms with Gasteiger partial charge in [-0.25, -0.2) is 13.8 Å². The summed E-state index contributed by atoms with van der Waals surface area (Å²) in [5.41, 5.74) is 0.220. The molecule has 1 aromatic carbocycles. The summed E-state index contributed by atoms with van der Waals surface area (Å²) in [6, 6.07) is 7.46. The third-order valence-electron chi connectivity index (χ3n) is 5.11. The molecule has 5 rings (SSSR count). The average Bonchev–Trinajstić information content (AvgIpc) is 3.38. The molecule has 8 nitrogen and oxygen atoms in total. The molecule has 0 aliphatic carbocycles. The van der Waals surface area contributed by atoms with Gasteiger partial charge in [0.05, 0.1) is 35.2 Å². The monoisotopic (exact) mass is 466 g/mol. The number of pyridine rings is 1. The van der Waals surface area contributed by atoms with Crippen molar-refractivity contribution in [1.82, 2.24) is 23.9 Å². The second-order valence-electron chi connectivity index (χ2n) is 6.98. The van der Waals surface area contributed by atoms with E-state index in [1.807, 2.05) is 6.07 Å². The zero-order valence-corrected chi connectivity index (χ0v) is 18.0. The molecule has 0 aliphatic rings. The molecular formula is C21H12ClFN6O2S. The van der Waals surface area contributed by atoms with Gasteiger partial charge in [0.25, 0.3) is 5.56 Å². The molecule has 0 spiro atoms. The number of nitriles is 1. The summed E-state index contributed by atoms with van der Waals surface area (Å²) in [4.78, 5) is 31.5. The first-order valence-corrected chi connectivity index (χ1v) is 10.5. The fraction of sp³-hybridized carbons (Fsp3) is 0.0952. The van der Waals surface area contributed by atoms with Crippen LogP contribution in [0.3, 0.4) is 0 Å². The Morgan fingerprint density at radius 1 is 1.22 bits per heavy atom. The lowest BCUT2D eigenvalue weighted by Gasteiger charge is -2.11. The maximum absolute atomic E-state index is 13.8. The second kappa shape index (κ2) is 7.40. The van der Waals surface area contributed by atoms with Crippen LogP contribution in [-0.4, -0.2) is 23.9 Å². The first-order valence-electron chi connectivity index (χ1n) is 9.28. The van der Waals surface area contributed by atoms with Gasteiger partial charge >= 0.3 is 5.69 Å². The molecule has 4 aromatic heterocycles. The molecule has 0 unspecified atom stereocenters. The molecule has 11 heteroatoms. The van der Waals surface area contributed by atoms with Crippen LogP contribution in [0.1, 0.15) is 0 Å².